The molecule has 72 valence electrons. The Morgan fingerprint density at radius 1 is 1.43 bits per heavy atom. The molecule has 14 heavy (non-hydrogen) atoms. The molecule has 0 saturated carbocycles. The monoisotopic (exact) mass is 192 g/mol. The Morgan fingerprint density at radius 2 is 2.21 bits per heavy atom. The van der Waals surface area contributed by atoms with Crippen LogP contribution in [0.4, 0.5) is 5.95 Å². The summed E-state index contributed by atoms with van der Waals surface area (Å²) in [5.41, 5.74) is 5.73. The average molecular weight is 192 g/mol. The predicted octanol–water partition coefficient (Wildman–Crippen LogP) is -1.07. The van der Waals surface area contributed by atoms with Crippen molar-refractivity contribution in [2.75, 3.05) is 11.6 Å². The first-order valence-electron chi connectivity index (χ1n) is 3.83. The van der Waals surface area contributed by atoms with Crippen molar-refractivity contribution in [1.29, 1.82) is 0 Å². The van der Waals surface area contributed by atoms with Crippen LogP contribution in [0.2, 0.25) is 0 Å². The molecule has 0 bridgehead atoms. The first kappa shape index (κ1) is 8.30. The van der Waals surface area contributed by atoms with Gasteiger partial charge in [-0.3, -0.25) is 4.79 Å². The summed E-state index contributed by atoms with van der Waals surface area (Å²) in [4.78, 5) is 13.5. The van der Waals surface area contributed by atoms with Crippen LogP contribution < -0.4 is 17.1 Å². The van der Waals surface area contributed by atoms with Gasteiger partial charge in [-0.05, 0) is 6.07 Å². The second kappa shape index (κ2) is 2.87. The molecule has 0 aliphatic carbocycles. The number of nitrogens with zero attached hydrogens (tertiary/aromatic N) is 3. The van der Waals surface area contributed by atoms with E-state index in [9.17, 15) is 4.79 Å². The van der Waals surface area contributed by atoms with Gasteiger partial charge in [0, 0.05) is 17.8 Å². The van der Waals surface area contributed by atoms with Crippen molar-refractivity contribution in [2.24, 2.45) is 0 Å². The highest BCUT2D eigenvalue weighted by molar-refractivity contribution is 5.55. The van der Waals surface area contributed by atoms with Gasteiger partial charge in [-0.2, -0.15) is 0 Å². The molecular formula is C7H8N6O. The molecule has 0 aliphatic rings. The van der Waals surface area contributed by atoms with E-state index in [0.717, 1.165) is 4.68 Å². The molecule has 2 rings (SSSR count). The van der Waals surface area contributed by atoms with Crippen LogP contribution in [0.3, 0.4) is 0 Å². The molecule has 0 amide bonds. The molecule has 0 fully saturated rings. The van der Waals surface area contributed by atoms with Gasteiger partial charge in [0.2, 0.25) is 11.5 Å². The number of hydrogen-bond acceptors (Lipinski definition) is 5. The summed E-state index contributed by atoms with van der Waals surface area (Å²) in [5.74, 6) is 5.99. The van der Waals surface area contributed by atoms with Crippen molar-refractivity contribution in [3.05, 3.63) is 28.7 Å². The number of H-pyrrole nitrogens is 1. The first-order chi connectivity index (χ1) is 6.68. The van der Waals surface area contributed by atoms with E-state index in [1.807, 2.05) is 0 Å². The zero-order chi connectivity index (χ0) is 10.1. The smallest absolute Gasteiger partial charge is 0.248 e. The quantitative estimate of drug-likeness (QED) is 0.497. The molecule has 2 aromatic rings. The third kappa shape index (κ3) is 1.20. The lowest BCUT2D eigenvalue weighted by molar-refractivity contribution is 1.02. The minimum absolute atomic E-state index is 0.0975. The third-order valence-electron chi connectivity index (χ3n) is 1.76. The first-order valence-corrected chi connectivity index (χ1v) is 3.83. The molecule has 0 aliphatic heterocycles. The van der Waals surface area contributed by atoms with Crippen molar-refractivity contribution in [3.63, 3.8) is 0 Å². The minimum Gasteiger partial charge on any atom is -0.366 e. The van der Waals surface area contributed by atoms with Crippen molar-refractivity contribution < 1.29 is 0 Å². The minimum atomic E-state index is -0.232. The van der Waals surface area contributed by atoms with Gasteiger partial charge in [0.15, 0.2) is 5.82 Å². The van der Waals surface area contributed by atoms with E-state index in [1.165, 1.54) is 12.3 Å². The average Bonchev–Trinajstić information content (AvgIpc) is 2.48. The van der Waals surface area contributed by atoms with Crippen molar-refractivity contribution in [1.82, 2.24) is 19.9 Å². The van der Waals surface area contributed by atoms with Gasteiger partial charge in [-0.25, -0.2) is 4.68 Å². The zero-order valence-corrected chi connectivity index (χ0v) is 7.14. The van der Waals surface area contributed by atoms with Crippen molar-refractivity contribution in [2.45, 2.75) is 0 Å². The van der Waals surface area contributed by atoms with Gasteiger partial charge >= 0.3 is 0 Å². The molecule has 0 aromatic carbocycles. The zero-order valence-electron chi connectivity index (χ0n) is 7.14. The molecule has 0 atom stereocenters. The summed E-state index contributed by atoms with van der Waals surface area (Å²) in [6.07, 6.45) is 1.50. The maximum Gasteiger partial charge on any atom is 0.248 e. The molecule has 7 heteroatoms. The topological polar surface area (TPSA) is 116 Å². The fourth-order valence-electron chi connectivity index (χ4n) is 1.08. The summed E-state index contributed by atoms with van der Waals surface area (Å²) < 4.78 is 1.12. The van der Waals surface area contributed by atoms with Crippen LogP contribution in [-0.4, -0.2) is 19.9 Å². The summed E-state index contributed by atoms with van der Waals surface area (Å²) in [6.45, 7) is 0. The van der Waals surface area contributed by atoms with Crippen LogP contribution in [-0.2, 0) is 0 Å². The van der Waals surface area contributed by atoms with Gasteiger partial charge in [-0.1, -0.05) is 0 Å². The van der Waals surface area contributed by atoms with E-state index in [4.69, 9.17) is 11.6 Å². The molecule has 5 N–H and O–H groups in total. The Morgan fingerprint density at radius 3 is 2.79 bits per heavy atom. The van der Waals surface area contributed by atoms with Crippen LogP contribution >= 0.6 is 0 Å². The Balaban J connectivity index is 2.60. The number of pyridine rings is 1. The maximum atomic E-state index is 11.0. The number of hydrogen-bond donors (Lipinski definition) is 3. The maximum absolute atomic E-state index is 11.0. The lowest BCUT2D eigenvalue weighted by atomic mass is 10.2. The molecule has 0 radical (unpaired) electrons. The summed E-state index contributed by atoms with van der Waals surface area (Å²) in [6, 6.07) is 3.03. The fraction of sp³-hybridized carbons (Fsp3) is 0. The van der Waals surface area contributed by atoms with Crippen LogP contribution in [0.5, 0.6) is 0 Å². The largest absolute Gasteiger partial charge is 0.366 e. The van der Waals surface area contributed by atoms with E-state index in [-0.39, 0.29) is 11.5 Å². The highest BCUT2D eigenvalue weighted by atomic mass is 16.1. The third-order valence-corrected chi connectivity index (χ3v) is 1.76. The van der Waals surface area contributed by atoms with Crippen molar-refractivity contribution in [3.8, 4) is 11.4 Å². The van der Waals surface area contributed by atoms with Gasteiger partial charge in [-0.15, -0.1) is 10.2 Å². The number of aromatic nitrogens is 4. The van der Waals surface area contributed by atoms with Crippen LogP contribution in [0.15, 0.2) is 23.1 Å². The van der Waals surface area contributed by atoms with E-state index in [1.54, 1.807) is 6.07 Å². The molecule has 7 nitrogen and oxygen atoms in total. The van der Waals surface area contributed by atoms with Crippen LogP contribution in [0.1, 0.15) is 0 Å². The normalized spacial score (nSPS) is 10.3. The molecule has 0 spiro atoms. The van der Waals surface area contributed by atoms with Gasteiger partial charge in [0.05, 0.1) is 0 Å². The lowest BCUT2D eigenvalue weighted by Crippen LogP contribution is -2.14. The summed E-state index contributed by atoms with van der Waals surface area (Å²) in [5, 5.41) is 7.31. The predicted molar refractivity (Wildman–Crippen MR) is 50.6 cm³/mol. The Kier molecular flexibility index (Phi) is 1.70. The van der Waals surface area contributed by atoms with E-state index in [0.29, 0.717) is 11.4 Å². The van der Waals surface area contributed by atoms with Crippen LogP contribution in [0.25, 0.3) is 11.4 Å². The Hall–Kier alpha value is -2.31. The number of nitrogens with one attached hydrogen (secondary N) is 1. The molecular weight excluding hydrogens is 184 g/mol. The molecule has 0 unspecified atom stereocenters. The SMILES string of the molecule is Nc1nnc(-c2cc[nH]c(=O)c2)n1N. The highest BCUT2D eigenvalue weighted by Crippen LogP contribution is 2.13. The molecule has 0 saturated heterocycles. The summed E-state index contributed by atoms with van der Waals surface area (Å²) in [7, 11) is 0. The number of nitrogens with two attached hydrogens (primary N) is 2. The fourth-order valence-corrected chi connectivity index (χ4v) is 1.08. The number of aromatic amines is 1. The second-order valence-electron chi connectivity index (χ2n) is 2.69. The number of rotatable bonds is 1. The van der Waals surface area contributed by atoms with Gasteiger partial charge < -0.3 is 16.6 Å². The van der Waals surface area contributed by atoms with E-state index < -0.39 is 0 Å². The van der Waals surface area contributed by atoms with Crippen molar-refractivity contribution >= 4 is 5.95 Å². The second-order valence-corrected chi connectivity index (χ2v) is 2.69. The number of anilines is 1. The standard InChI is InChI=1S/C7H8N6O/c8-7-12-11-6(13(7)9)4-1-2-10-5(14)3-4/h1-3H,9H2,(H2,8,12)(H,10,14). The summed E-state index contributed by atoms with van der Waals surface area (Å²) >= 11 is 0. The number of nitrogen functional groups attached to an aromatic ring is 2. The lowest BCUT2D eigenvalue weighted by Gasteiger charge is -1.99. The Bertz CT molecular complexity index is 513. The highest BCUT2D eigenvalue weighted by Gasteiger charge is 2.08. The van der Waals surface area contributed by atoms with E-state index in [2.05, 4.69) is 15.2 Å². The van der Waals surface area contributed by atoms with E-state index >= 15 is 0 Å². The Labute approximate surface area is 78.3 Å². The van der Waals surface area contributed by atoms with Gasteiger partial charge in [0.25, 0.3) is 0 Å². The molecule has 2 aromatic heterocycles. The van der Waals surface area contributed by atoms with Gasteiger partial charge in [0.1, 0.15) is 0 Å². The van der Waals surface area contributed by atoms with Crippen LogP contribution in [0, 0.1) is 0 Å². The molecule has 2 heterocycles.